The predicted molar refractivity (Wildman–Crippen MR) is 86.4 cm³/mol. The molecule has 0 heterocycles. The van der Waals surface area contributed by atoms with Crippen LogP contribution >= 0.6 is 7.82 Å². The van der Waals surface area contributed by atoms with E-state index in [1.165, 1.54) is 20.8 Å². The van der Waals surface area contributed by atoms with E-state index in [1.54, 1.807) is 0 Å². The third-order valence-electron chi connectivity index (χ3n) is 2.49. The number of carbonyl (C=O) groups is 6. The van der Waals surface area contributed by atoms with Gasteiger partial charge in [0, 0.05) is 0 Å². The van der Waals surface area contributed by atoms with Gasteiger partial charge in [0.15, 0.2) is 17.3 Å². The molecule has 11 heteroatoms. The van der Waals surface area contributed by atoms with Crippen molar-refractivity contribution in [2.45, 2.75) is 40.0 Å². The molecule has 0 aromatic carbocycles. The van der Waals surface area contributed by atoms with Crippen LogP contribution in [-0.2, 0) is 46.9 Å². The van der Waals surface area contributed by atoms with E-state index in [1.807, 2.05) is 0 Å². The summed E-state index contributed by atoms with van der Waals surface area (Å²) in [5, 5.41) is 0. The standard InChI is InChI=1S/C15H21O10P/c1-10(16)4-13(19)7-23-26(22,24-8-14(20)5-11(2)17)25-9-15(21)6-12(3)18/h4-9H2,1-3H3. The van der Waals surface area contributed by atoms with Crippen molar-refractivity contribution in [3.05, 3.63) is 0 Å². The second-order valence-corrected chi connectivity index (χ2v) is 7.19. The molecule has 0 bridgehead atoms. The minimum absolute atomic E-state index is 0.441. The topological polar surface area (TPSA) is 147 Å². The van der Waals surface area contributed by atoms with Crippen molar-refractivity contribution in [2.24, 2.45) is 0 Å². The van der Waals surface area contributed by atoms with Gasteiger partial charge in [0.05, 0.1) is 19.3 Å². The highest BCUT2D eigenvalue weighted by molar-refractivity contribution is 7.48. The minimum Gasteiger partial charge on any atom is -0.300 e. The Morgan fingerprint density at radius 1 is 0.577 bits per heavy atom. The molecule has 0 radical (unpaired) electrons. The fraction of sp³-hybridized carbons (Fsp3) is 0.600. The number of Topliss-reactive ketones (excluding diaryl/α,β-unsaturated/α-hetero) is 6. The summed E-state index contributed by atoms with van der Waals surface area (Å²) < 4.78 is 26.6. The Balaban J connectivity index is 4.85. The molecule has 0 aromatic heterocycles. The van der Waals surface area contributed by atoms with Gasteiger partial charge in [0.2, 0.25) is 0 Å². The summed E-state index contributed by atoms with van der Waals surface area (Å²) in [5.74, 6) is -3.46. The first-order valence-electron chi connectivity index (χ1n) is 7.50. The van der Waals surface area contributed by atoms with Crippen molar-refractivity contribution >= 4 is 42.5 Å². The SMILES string of the molecule is CC(=O)CC(=O)COP(=O)(OCC(=O)CC(C)=O)OCC(=O)CC(C)=O. The normalized spacial score (nSPS) is 11.0. The number of phosphoric acid groups is 1. The van der Waals surface area contributed by atoms with Gasteiger partial charge in [-0.05, 0) is 20.8 Å². The van der Waals surface area contributed by atoms with Crippen molar-refractivity contribution in [2.75, 3.05) is 19.8 Å². The molecule has 146 valence electrons. The smallest absolute Gasteiger partial charge is 0.300 e. The molecule has 0 saturated carbocycles. The molecular formula is C15H21O10P. The molecule has 0 aliphatic heterocycles. The Bertz CT molecular complexity index is 551. The van der Waals surface area contributed by atoms with Crippen LogP contribution in [0.4, 0.5) is 0 Å². The number of rotatable bonds is 15. The average molecular weight is 392 g/mol. The molecule has 0 aliphatic rings. The highest BCUT2D eigenvalue weighted by Gasteiger charge is 2.30. The Morgan fingerprint density at radius 2 is 0.808 bits per heavy atom. The minimum atomic E-state index is -4.51. The van der Waals surface area contributed by atoms with E-state index in [0.717, 1.165) is 0 Å². The summed E-state index contributed by atoms with van der Waals surface area (Å²) in [6, 6.07) is 0. The van der Waals surface area contributed by atoms with Crippen molar-refractivity contribution in [3.8, 4) is 0 Å². The maximum atomic E-state index is 12.4. The highest BCUT2D eigenvalue weighted by Crippen LogP contribution is 2.49. The number of hydrogen-bond donors (Lipinski definition) is 0. The molecule has 0 spiro atoms. The van der Waals surface area contributed by atoms with Gasteiger partial charge in [-0.1, -0.05) is 0 Å². The molecule has 0 fully saturated rings. The molecule has 0 aliphatic carbocycles. The summed E-state index contributed by atoms with van der Waals surface area (Å²) in [6.45, 7) is 1.10. The lowest BCUT2D eigenvalue weighted by Crippen LogP contribution is -2.18. The van der Waals surface area contributed by atoms with E-state index in [0.29, 0.717) is 0 Å². The van der Waals surface area contributed by atoms with Crippen LogP contribution in [0.3, 0.4) is 0 Å². The van der Waals surface area contributed by atoms with E-state index in [2.05, 4.69) is 0 Å². The number of ketones is 6. The van der Waals surface area contributed by atoms with Crippen molar-refractivity contribution in [1.29, 1.82) is 0 Å². The van der Waals surface area contributed by atoms with Gasteiger partial charge in [-0.3, -0.25) is 42.3 Å². The van der Waals surface area contributed by atoms with Crippen LogP contribution < -0.4 is 0 Å². The second-order valence-electron chi connectivity index (χ2n) is 5.52. The Hall–Kier alpha value is -1.87. The van der Waals surface area contributed by atoms with Crippen LogP contribution in [0.15, 0.2) is 0 Å². The van der Waals surface area contributed by atoms with E-state index in [9.17, 15) is 33.3 Å². The van der Waals surface area contributed by atoms with Crippen molar-refractivity contribution < 1.29 is 46.9 Å². The zero-order chi connectivity index (χ0) is 20.3. The largest absolute Gasteiger partial charge is 0.476 e. The molecule has 0 aromatic rings. The number of hydrogen-bond acceptors (Lipinski definition) is 10. The maximum absolute atomic E-state index is 12.4. The molecule has 0 N–H and O–H groups in total. The third-order valence-corrected chi connectivity index (χ3v) is 3.83. The van der Waals surface area contributed by atoms with Gasteiger partial charge in [0.1, 0.15) is 37.2 Å². The van der Waals surface area contributed by atoms with E-state index >= 15 is 0 Å². The van der Waals surface area contributed by atoms with Crippen LogP contribution in [0.2, 0.25) is 0 Å². The molecule has 0 unspecified atom stereocenters. The van der Waals surface area contributed by atoms with Crippen LogP contribution in [0.25, 0.3) is 0 Å². The number of carbonyl (C=O) groups excluding carboxylic acids is 6. The Morgan fingerprint density at radius 3 is 1.00 bits per heavy atom. The molecular weight excluding hydrogens is 371 g/mol. The first kappa shape index (κ1) is 24.1. The summed E-state index contributed by atoms with van der Waals surface area (Å²) >= 11 is 0. The summed E-state index contributed by atoms with van der Waals surface area (Å²) in [4.78, 5) is 67.0. The zero-order valence-corrected chi connectivity index (χ0v) is 15.7. The van der Waals surface area contributed by atoms with Gasteiger partial charge >= 0.3 is 7.82 Å². The van der Waals surface area contributed by atoms with Crippen LogP contribution in [0, 0.1) is 0 Å². The Labute approximate surface area is 150 Å². The quantitative estimate of drug-likeness (QED) is 0.289. The summed E-state index contributed by atoms with van der Waals surface area (Å²) in [6.07, 6.45) is -1.40. The van der Waals surface area contributed by atoms with E-state index < -0.39 is 81.6 Å². The van der Waals surface area contributed by atoms with Crippen LogP contribution in [0.5, 0.6) is 0 Å². The monoisotopic (exact) mass is 392 g/mol. The average Bonchev–Trinajstić information content (AvgIpc) is 2.47. The van der Waals surface area contributed by atoms with Gasteiger partial charge < -0.3 is 0 Å². The van der Waals surface area contributed by atoms with Crippen LogP contribution in [-0.4, -0.2) is 54.5 Å². The van der Waals surface area contributed by atoms with E-state index in [-0.39, 0.29) is 0 Å². The summed E-state index contributed by atoms with van der Waals surface area (Å²) in [7, 11) is -4.51. The van der Waals surface area contributed by atoms with Crippen LogP contribution in [0.1, 0.15) is 40.0 Å². The first-order valence-corrected chi connectivity index (χ1v) is 8.96. The van der Waals surface area contributed by atoms with Gasteiger partial charge in [-0.15, -0.1) is 0 Å². The summed E-state index contributed by atoms with van der Waals surface area (Å²) in [5.41, 5.74) is 0. The lowest BCUT2D eigenvalue weighted by molar-refractivity contribution is -0.128. The molecule has 10 nitrogen and oxygen atoms in total. The fourth-order valence-corrected chi connectivity index (χ4v) is 2.68. The van der Waals surface area contributed by atoms with Gasteiger partial charge in [-0.2, -0.15) is 0 Å². The molecule has 0 saturated heterocycles. The molecule has 26 heavy (non-hydrogen) atoms. The zero-order valence-electron chi connectivity index (χ0n) is 14.8. The number of phosphoric ester groups is 1. The van der Waals surface area contributed by atoms with Gasteiger partial charge in [-0.25, -0.2) is 4.57 Å². The lowest BCUT2D eigenvalue weighted by atomic mass is 10.2. The Kier molecular flexibility index (Phi) is 10.8. The van der Waals surface area contributed by atoms with E-state index in [4.69, 9.17) is 13.6 Å². The third kappa shape index (κ3) is 12.5. The molecule has 0 rings (SSSR count). The molecule has 0 atom stereocenters. The highest BCUT2D eigenvalue weighted by atomic mass is 31.2. The second kappa shape index (κ2) is 11.7. The lowest BCUT2D eigenvalue weighted by Gasteiger charge is -2.17. The fourth-order valence-electron chi connectivity index (χ4n) is 1.55. The predicted octanol–water partition coefficient (Wildman–Crippen LogP) is 0.789. The van der Waals surface area contributed by atoms with Crippen molar-refractivity contribution in [3.63, 3.8) is 0 Å². The maximum Gasteiger partial charge on any atom is 0.476 e. The first-order chi connectivity index (χ1) is 11.9. The molecule has 0 amide bonds. The van der Waals surface area contributed by atoms with Gasteiger partial charge in [0.25, 0.3) is 0 Å². The van der Waals surface area contributed by atoms with Crippen molar-refractivity contribution in [1.82, 2.24) is 0 Å².